The third-order valence-corrected chi connectivity index (χ3v) is 8.28. The summed E-state index contributed by atoms with van der Waals surface area (Å²) in [7, 11) is 4.69. The Balaban J connectivity index is 1.02. The highest BCUT2D eigenvalue weighted by Crippen LogP contribution is 2.43. The molecule has 0 saturated carbocycles. The third kappa shape index (κ3) is 7.13. The third-order valence-electron chi connectivity index (χ3n) is 8.05. The number of aryl methyl sites for hydroxylation is 1. The molecule has 1 atom stereocenters. The monoisotopic (exact) mass is 669 g/mol. The van der Waals surface area contributed by atoms with Gasteiger partial charge in [0.2, 0.25) is 11.7 Å². The van der Waals surface area contributed by atoms with Gasteiger partial charge < -0.3 is 24.3 Å². The van der Waals surface area contributed by atoms with Crippen molar-refractivity contribution in [2.24, 2.45) is 5.10 Å². The molecule has 0 aliphatic carbocycles. The van der Waals surface area contributed by atoms with E-state index in [0.717, 1.165) is 52.1 Å². The number of methoxy groups -OCH3 is 3. The van der Waals surface area contributed by atoms with Crippen molar-refractivity contribution in [3.05, 3.63) is 94.9 Å². The molecule has 0 spiro atoms. The molecular weight excluding hydrogens is 634 g/mol. The van der Waals surface area contributed by atoms with Gasteiger partial charge in [0.05, 0.1) is 44.8 Å². The fourth-order valence-electron chi connectivity index (χ4n) is 5.68. The van der Waals surface area contributed by atoms with Crippen LogP contribution in [0.2, 0.25) is 5.02 Å². The molecule has 48 heavy (non-hydrogen) atoms. The van der Waals surface area contributed by atoms with Crippen molar-refractivity contribution >= 4 is 39.8 Å². The van der Waals surface area contributed by atoms with E-state index in [-0.39, 0.29) is 18.6 Å². The number of rotatable bonds is 13. The number of nitrogens with zero attached hydrogens (tertiary/aromatic N) is 6. The Hall–Kier alpha value is -5.36. The summed E-state index contributed by atoms with van der Waals surface area (Å²) in [5, 5.41) is 19.9. The van der Waals surface area contributed by atoms with Gasteiger partial charge in [-0.15, -0.1) is 5.10 Å². The average molecular weight is 670 g/mol. The number of benzene rings is 3. The van der Waals surface area contributed by atoms with Gasteiger partial charge in [0, 0.05) is 48.7 Å². The van der Waals surface area contributed by atoms with Crippen LogP contribution >= 0.6 is 11.6 Å². The number of carbonyl (C=O) groups excluding carboxylic acids is 1. The standard InChI is InChI=1S/C35H36ClN7O5/c1-22(44)43-32(24-16-33(45-2)35(47-4)34(17-24)46-3)19-30(40-43)23-6-9-27(10-7-23)48-21-26-20-42(41-39-26)15-5-13-37-29-12-14-38-31-18-25(36)8-11-28(29)31/h6-12,14,16-18,20,32H,5,13,15,19,21H2,1-4H3,(H,37,38). The van der Waals surface area contributed by atoms with Gasteiger partial charge in [0.15, 0.2) is 11.5 Å². The van der Waals surface area contributed by atoms with Gasteiger partial charge in [-0.1, -0.05) is 16.8 Å². The second-order valence-corrected chi connectivity index (χ2v) is 11.6. The first kappa shape index (κ1) is 32.6. The van der Waals surface area contributed by atoms with E-state index in [0.29, 0.717) is 41.0 Å². The molecule has 12 nitrogen and oxygen atoms in total. The molecule has 13 heteroatoms. The number of nitrogens with one attached hydrogen (secondary N) is 1. The topological polar surface area (TPSA) is 125 Å². The molecule has 0 saturated heterocycles. The SMILES string of the molecule is COc1cc(C2CC(c3ccc(OCc4cn(CCCNc5ccnc6cc(Cl)ccc56)nn4)cc3)=NN2C(C)=O)cc(OC)c1OC. The molecule has 0 fully saturated rings. The van der Waals surface area contributed by atoms with Gasteiger partial charge in [0.25, 0.3) is 0 Å². The summed E-state index contributed by atoms with van der Waals surface area (Å²) in [5.74, 6) is 2.05. The molecule has 3 heterocycles. The predicted molar refractivity (Wildman–Crippen MR) is 183 cm³/mol. The van der Waals surface area contributed by atoms with Gasteiger partial charge in [-0.2, -0.15) is 5.10 Å². The van der Waals surface area contributed by atoms with Gasteiger partial charge in [-0.05, 0) is 78.2 Å². The number of ether oxygens (including phenoxy) is 4. The van der Waals surface area contributed by atoms with Crippen LogP contribution in [0.4, 0.5) is 5.69 Å². The Morgan fingerprint density at radius 2 is 1.77 bits per heavy atom. The Bertz CT molecular complexity index is 1920. The minimum absolute atomic E-state index is 0.166. The minimum Gasteiger partial charge on any atom is -0.493 e. The largest absolute Gasteiger partial charge is 0.493 e. The van der Waals surface area contributed by atoms with E-state index in [1.165, 1.54) is 11.9 Å². The highest BCUT2D eigenvalue weighted by atomic mass is 35.5. The zero-order chi connectivity index (χ0) is 33.6. The molecule has 0 radical (unpaired) electrons. The number of halogens is 1. The fraction of sp³-hybridized carbons (Fsp3) is 0.286. The molecule has 3 aromatic carbocycles. The van der Waals surface area contributed by atoms with Crippen molar-refractivity contribution in [1.29, 1.82) is 0 Å². The van der Waals surface area contributed by atoms with Gasteiger partial charge in [0.1, 0.15) is 18.1 Å². The highest BCUT2D eigenvalue weighted by molar-refractivity contribution is 6.31. The molecule has 1 N–H and O–H groups in total. The van der Waals surface area contributed by atoms with Crippen molar-refractivity contribution in [2.45, 2.75) is 39.0 Å². The lowest BCUT2D eigenvalue weighted by atomic mass is 9.97. The number of pyridine rings is 1. The lowest BCUT2D eigenvalue weighted by Gasteiger charge is -2.22. The molecule has 0 bridgehead atoms. The second-order valence-electron chi connectivity index (χ2n) is 11.2. The van der Waals surface area contributed by atoms with Crippen LogP contribution in [0.5, 0.6) is 23.0 Å². The summed E-state index contributed by atoms with van der Waals surface area (Å²) >= 11 is 6.10. The number of carbonyl (C=O) groups is 1. The Morgan fingerprint density at radius 1 is 1.00 bits per heavy atom. The van der Waals surface area contributed by atoms with E-state index in [1.807, 2.05) is 71.5 Å². The normalized spacial score (nSPS) is 14.1. The van der Waals surface area contributed by atoms with Crippen LogP contribution in [-0.2, 0) is 17.9 Å². The summed E-state index contributed by atoms with van der Waals surface area (Å²) in [6.45, 7) is 3.26. The average Bonchev–Trinajstić information content (AvgIpc) is 3.76. The van der Waals surface area contributed by atoms with E-state index in [2.05, 4.69) is 25.7 Å². The second kappa shape index (κ2) is 14.6. The van der Waals surface area contributed by atoms with Crippen LogP contribution in [0.1, 0.15) is 42.6 Å². The quantitative estimate of drug-likeness (QED) is 0.144. The number of amides is 1. The molecule has 248 valence electrons. The molecule has 1 unspecified atom stereocenters. The summed E-state index contributed by atoms with van der Waals surface area (Å²) < 4.78 is 24.3. The summed E-state index contributed by atoms with van der Waals surface area (Å²) in [4.78, 5) is 17.0. The Kier molecular flexibility index (Phi) is 9.91. The number of fused-ring (bicyclic) bond motifs is 1. The number of hydrogen-bond donors (Lipinski definition) is 1. The maximum absolute atomic E-state index is 12.6. The van der Waals surface area contributed by atoms with Crippen molar-refractivity contribution in [1.82, 2.24) is 25.0 Å². The van der Waals surface area contributed by atoms with Crippen LogP contribution in [0.25, 0.3) is 10.9 Å². The first-order valence-electron chi connectivity index (χ1n) is 15.4. The number of anilines is 1. The Morgan fingerprint density at radius 3 is 2.48 bits per heavy atom. The van der Waals surface area contributed by atoms with E-state index >= 15 is 0 Å². The number of hydrazone groups is 1. The molecular formula is C35H36ClN7O5. The predicted octanol–water partition coefficient (Wildman–Crippen LogP) is 6.28. The van der Waals surface area contributed by atoms with Crippen molar-refractivity contribution in [2.75, 3.05) is 33.2 Å². The van der Waals surface area contributed by atoms with Crippen LogP contribution in [-0.4, -0.2) is 64.5 Å². The summed E-state index contributed by atoms with van der Waals surface area (Å²) in [5.41, 5.74) is 5.12. The Labute approximate surface area is 283 Å². The molecule has 6 rings (SSSR count). The van der Waals surface area contributed by atoms with Crippen LogP contribution in [0.3, 0.4) is 0 Å². The van der Waals surface area contributed by atoms with E-state index < -0.39 is 0 Å². The zero-order valence-corrected chi connectivity index (χ0v) is 27.9. The van der Waals surface area contributed by atoms with Crippen molar-refractivity contribution in [3.63, 3.8) is 0 Å². The molecule has 1 aliphatic heterocycles. The van der Waals surface area contributed by atoms with Crippen molar-refractivity contribution in [3.8, 4) is 23.0 Å². The maximum atomic E-state index is 12.6. The lowest BCUT2D eigenvalue weighted by Crippen LogP contribution is -2.24. The maximum Gasteiger partial charge on any atom is 0.240 e. The van der Waals surface area contributed by atoms with Gasteiger partial charge in [-0.25, -0.2) is 5.01 Å². The number of hydrogen-bond acceptors (Lipinski definition) is 10. The molecule has 2 aromatic heterocycles. The number of aromatic nitrogens is 4. The van der Waals surface area contributed by atoms with Gasteiger partial charge >= 0.3 is 0 Å². The van der Waals surface area contributed by atoms with Crippen molar-refractivity contribution < 1.29 is 23.7 Å². The molecule has 1 aliphatic rings. The first-order chi connectivity index (χ1) is 23.4. The molecule has 5 aromatic rings. The fourth-order valence-corrected chi connectivity index (χ4v) is 5.85. The highest BCUT2D eigenvalue weighted by Gasteiger charge is 2.33. The summed E-state index contributed by atoms with van der Waals surface area (Å²) in [6, 6.07) is 18.7. The van der Waals surface area contributed by atoms with E-state index in [1.54, 1.807) is 27.5 Å². The van der Waals surface area contributed by atoms with E-state index in [4.69, 9.17) is 30.5 Å². The zero-order valence-electron chi connectivity index (χ0n) is 27.1. The summed E-state index contributed by atoms with van der Waals surface area (Å²) in [6.07, 6.45) is 5.04. The first-order valence-corrected chi connectivity index (χ1v) is 15.8. The molecule has 1 amide bonds. The minimum atomic E-state index is -0.323. The van der Waals surface area contributed by atoms with Crippen LogP contribution in [0, 0.1) is 0 Å². The lowest BCUT2D eigenvalue weighted by molar-refractivity contribution is -0.130. The van der Waals surface area contributed by atoms with Crippen LogP contribution in [0.15, 0.2) is 78.2 Å². The smallest absolute Gasteiger partial charge is 0.240 e. The van der Waals surface area contributed by atoms with E-state index in [9.17, 15) is 4.79 Å². The van der Waals surface area contributed by atoms with Crippen LogP contribution < -0.4 is 24.3 Å². The van der Waals surface area contributed by atoms with Gasteiger partial charge in [-0.3, -0.25) is 14.5 Å².